The molecule has 0 rings (SSSR count). The molecule has 0 radical (unpaired) electrons. The molecule has 0 bridgehead atoms. The Labute approximate surface area is 70.8 Å². The summed E-state index contributed by atoms with van der Waals surface area (Å²) in [5, 5.41) is 13.9. The van der Waals surface area contributed by atoms with Gasteiger partial charge in [0.25, 0.3) is 0 Å². The number of rotatable bonds is 0. The molecule has 0 unspecified atom stereocenters. The van der Waals surface area contributed by atoms with Crippen molar-refractivity contribution in [1.29, 1.82) is 0 Å². The average molecular weight is 141 g/mol. The molecule has 5 heteroatoms. The molecule has 0 saturated heterocycles. The van der Waals surface area contributed by atoms with Crippen LogP contribution in [0.15, 0.2) is 0 Å². The number of hydrogen-bond acceptors (Lipinski definition) is 1. The number of carbonyl (C=O) groups is 1. The molecule has 0 aromatic heterocycles. The molecule has 0 amide bonds. The van der Waals surface area contributed by atoms with Crippen LogP contribution in [0.3, 0.4) is 0 Å². The van der Waals surface area contributed by atoms with Gasteiger partial charge in [-0.3, -0.25) is 0 Å². The van der Waals surface area contributed by atoms with Gasteiger partial charge in [-0.1, -0.05) is 0 Å². The molecule has 0 aromatic rings. The quantitative estimate of drug-likeness (QED) is 0.456. The van der Waals surface area contributed by atoms with Gasteiger partial charge in [-0.05, 0) is 0 Å². The second-order valence-electron chi connectivity index (χ2n) is 0.283. The van der Waals surface area contributed by atoms with Gasteiger partial charge in [0.1, 0.15) is 0 Å². The van der Waals surface area contributed by atoms with E-state index < -0.39 is 6.16 Å². The van der Waals surface area contributed by atoms with Gasteiger partial charge in [-0.2, -0.15) is 0 Å². The second kappa shape index (κ2) is 9.27. The van der Waals surface area contributed by atoms with Gasteiger partial charge < -0.3 is 10.2 Å². The third kappa shape index (κ3) is 105. The van der Waals surface area contributed by atoms with Crippen molar-refractivity contribution >= 4 is 56.3 Å². The SMILES string of the molecule is Cl.O=C(O)O.[CaH2]. The Balaban J connectivity index is -0.0000000450. The fourth-order valence-corrected chi connectivity index (χ4v) is 0. The molecular formula is CH5CaClO3. The Morgan fingerprint density at radius 1 is 1.33 bits per heavy atom. The summed E-state index contributed by atoms with van der Waals surface area (Å²) in [6, 6.07) is 0. The van der Waals surface area contributed by atoms with Gasteiger partial charge in [0.15, 0.2) is 0 Å². The first kappa shape index (κ1) is 15.8. The summed E-state index contributed by atoms with van der Waals surface area (Å²) in [6.45, 7) is 0. The van der Waals surface area contributed by atoms with Crippen molar-refractivity contribution in [3.63, 3.8) is 0 Å². The number of hydrogen-bond donors (Lipinski definition) is 2. The maximum absolute atomic E-state index is 8.56. The van der Waals surface area contributed by atoms with Crippen molar-refractivity contribution in [2.75, 3.05) is 0 Å². The standard InChI is InChI=1S/CH2O3.Ca.ClH.2H/c2-1(3)4;;;;/h(H2,2,3,4);;1H;;. The van der Waals surface area contributed by atoms with Crippen LogP contribution in [0.2, 0.25) is 0 Å². The van der Waals surface area contributed by atoms with Crippen molar-refractivity contribution in [3.8, 4) is 0 Å². The predicted octanol–water partition coefficient (Wildman–Crippen LogP) is -0.272. The molecule has 0 spiro atoms. The second-order valence-corrected chi connectivity index (χ2v) is 0.283. The molecule has 0 aliphatic heterocycles. The van der Waals surface area contributed by atoms with Crippen molar-refractivity contribution in [2.24, 2.45) is 0 Å². The van der Waals surface area contributed by atoms with Gasteiger partial charge in [-0.25, -0.2) is 4.79 Å². The molecule has 3 nitrogen and oxygen atoms in total. The monoisotopic (exact) mass is 140 g/mol. The van der Waals surface area contributed by atoms with Gasteiger partial charge in [0, 0.05) is 0 Å². The normalized spacial score (nSPS) is 4.00. The minimum atomic E-state index is -1.83. The predicted molar refractivity (Wildman–Crippen MR) is 26.4 cm³/mol. The first-order valence-corrected chi connectivity index (χ1v) is 0.651. The van der Waals surface area contributed by atoms with Crippen LogP contribution in [-0.4, -0.2) is 54.1 Å². The fraction of sp³-hybridized carbons (Fsp3) is 0. The summed E-state index contributed by atoms with van der Waals surface area (Å²) in [6.07, 6.45) is -1.83. The van der Waals surface area contributed by atoms with Crippen molar-refractivity contribution in [1.82, 2.24) is 0 Å². The summed E-state index contributed by atoms with van der Waals surface area (Å²) in [4.78, 5) is 8.56. The zero-order valence-electron chi connectivity index (χ0n) is 2.21. The number of carboxylic acid groups (broad SMARTS) is 2. The Bertz CT molecular complexity index is 33.8. The molecule has 0 fully saturated rings. The van der Waals surface area contributed by atoms with E-state index in [-0.39, 0.29) is 50.1 Å². The molecule has 36 valence electrons. The third-order valence-electron chi connectivity index (χ3n) is 0. The van der Waals surface area contributed by atoms with Gasteiger partial charge in [-0.15, -0.1) is 12.4 Å². The van der Waals surface area contributed by atoms with Crippen molar-refractivity contribution in [2.45, 2.75) is 0 Å². The van der Waals surface area contributed by atoms with Crippen LogP contribution in [0.5, 0.6) is 0 Å². The van der Waals surface area contributed by atoms with E-state index in [1.807, 2.05) is 0 Å². The molecule has 6 heavy (non-hydrogen) atoms. The van der Waals surface area contributed by atoms with Gasteiger partial charge in [0.2, 0.25) is 0 Å². The number of halogens is 1. The minimum absolute atomic E-state index is 0. The van der Waals surface area contributed by atoms with E-state index in [1.165, 1.54) is 0 Å². The first-order valence-electron chi connectivity index (χ1n) is 0.651. The van der Waals surface area contributed by atoms with E-state index in [9.17, 15) is 0 Å². The average Bonchev–Trinajstić information content (AvgIpc) is 0.811. The Kier molecular flexibility index (Phi) is 24.4. The van der Waals surface area contributed by atoms with Gasteiger partial charge >= 0.3 is 43.9 Å². The summed E-state index contributed by atoms with van der Waals surface area (Å²) in [5.74, 6) is 0. The van der Waals surface area contributed by atoms with Crippen LogP contribution >= 0.6 is 12.4 Å². The Hall–Kier alpha value is 0.820. The van der Waals surface area contributed by atoms with Crippen LogP contribution in [0.4, 0.5) is 4.79 Å². The first-order chi connectivity index (χ1) is 1.73. The summed E-state index contributed by atoms with van der Waals surface area (Å²) >= 11 is 0. The molecule has 0 heterocycles. The van der Waals surface area contributed by atoms with E-state index in [1.54, 1.807) is 0 Å². The van der Waals surface area contributed by atoms with E-state index in [0.717, 1.165) is 0 Å². The van der Waals surface area contributed by atoms with Crippen LogP contribution in [-0.2, 0) is 0 Å². The summed E-state index contributed by atoms with van der Waals surface area (Å²) < 4.78 is 0. The van der Waals surface area contributed by atoms with E-state index in [4.69, 9.17) is 15.0 Å². The topological polar surface area (TPSA) is 57.5 Å². The van der Waals surface area contributed by atoms with Gasteiger partial charge in [0.05, 0.1) is 0 Å². The van der Waals surface area contributed by atoms with E-state index in [0.29, 0.717) is 0 Å². The molecule has 0 aliphatic rings. The fourth-order valence-electron chi connectivity index (χ4n) is 0. The molecule has 2 N–H and O–H groups in total. The van der Waals surface area contributed by atoms with Crippen LogP contribution in [0.25, 0.3) is 0 Å². The molecule has 0 saturated carbocycles. The Morgan fingerprint density at radius 3 is 1.33 bits per heavy atom. The third-order valence-corrected chi connectivity index (χ3v) is 0. The van der Waals surface area contributed by atoms with Crippen LogP contribution in [0.1, 0.15) is 0 Å². The van der Waals surface area contributed by atoms with Crippen LogP contribution in [0, 0.1) is 0 Å². The molecular weight excluding hydrogens is 136 g/mol. The van der Waals surface area contributed by atoms with Crippen molar-refractivity contribution in [3.05, 3.63) is 0 Å². The molecule has 0 aromatic carbocycles. The van der Waals surface area contributed by atoms with Crippen LogP contribution < -0.4 is 0 Å². The Morgan fingerprint density at radius 2 is 1.33 bits per heavy atom. The molecule has 0 atom stereocenters. The maximum atomic E-state index is 8.56. The molecule has 0 aliphatic carbocycles. The summed E-state index contributed by atoms with van der Waals surface area (Å²) in [7, 11) is 0. The summed E-state index contributed by atoms with van der Waals surface area (Å²) in [5.41, 5.74) is 0. The zero-order valence-corrected chi connectivity index (χ0v) is 3.03. The van der Waals surface area contributed by atoms with E-state index >= 15 is 0 Å². The van der Waals surface area contributed by atoms with E-state index in [2.05, 4.69) is 0 Å². The van der Waals surface area contributed by atoms with Crippen molar-refractivity contribution < 1.29 is 15.0 Å². The zero-order chi connectivity index (χ0) is 3.58.